The van der Waals surface area contributed by atoms with E-state index in [9.17, 15) is 26.2 Å². The predicted octanol–water partition coefficient (Wildman–Crippen LogP) is 5.18. The Morgan fingerprint density at radius 1 is 1.04 bits per heavy atom. The third-order valence-electron chi connectivity index (χ3n) is 4.03. The van der Waals surface area contributed by atoms with Gasteiger partial charge in [-0.2, -0.15) is 22.0 Å². The lowest BCUT2D eigenvalue weighted by atomic mass is 10.1. The maximum atomic E-state index is 13.2. The quantitative estimate of drug-likeness (QED) is 0.309. The zero-order chi connectivity index (χ0) is 18.7. The van der Waals surface area contributed by atoms with Gasteiger partial charge >= 0.3 is 5.51 Å². The molecule has 1 fully saturated rings. The van der Waals surface area contributed by atoms with E-state index < -0.39 is 22.0 Å². The first-order valence-corrected chi connectivity index (χ1v) is 10.3. The summed E-state index contributed by atoms with van der Waals surface area (Å²) in [5.41, 5.74) is -7.53. The molecule has 0 aromatic heterocycles. The Balaban J connectivity index is 1.94. The molecule has 0 aliphatic heterocycles. The van der Waals surface area contributed by atoms with E-state index in [2.05, 4.69) is 4.72 Å². The van der Waals surface area contributed by atoms with Gasteiger partial charge in [-0.05, 0) is 37.8 Å². The van der Waals surface area contributed by atoms with Gasteiger partial charge in [0.15, 0.2) is 0 Å². The molecule has 2 rings (SSSR count). The van der Waals surface area contributed by atoms with Crippen molar-refractivity contribution in [1.82, 2.24) is 4.72 Å². The number of halogens is 5. The van der Waals surface area contributed by atoms with Crippen LogP contribution in [-0.4, -0.2) is 21.0 Å². The average Bonchev–Trinajstić information content (AvgIpc) is 2.76. The summed E-state index contributed by atoms with van der Waals surface area (Å²) >= 11 is -0.240. The normalized spacial score (nSPS) is 23.9. The second-order valence-electron chi connectivity index (χ2n) is 5.94. The summed E-state index contributed by atoms with van der Waals surface area (Å²) in [4.78, 5) is 0.471. The molecule has 10 heteroatoms. The molecule has 0 spiro atoms. The van der Waals surface area contributed by atoms with Gasteiger partial charge in [0, 0.05) is 33.7 Å². The third kappa shape index (κ3) is 6.77. The molecule has 1 N–H and O–H groups in total. The molecule has 1 aromatic rings. The summed E-state index contributed by atoms with van der Waals surface area (Å²) in [6.07, 6.45) is 2.94. The molecule has 0 bridgehead atoms. The van der Waals surface area contributed by atoms with Crippen molar-refractivity contribution >= 4 is 32.0 Å². The van der Waals surface area contributed by atoms with Crippen LogP contribution in [0.2, 0.25) is 0 Å². The van der Waals surface area contributed by atoms with Crippen molar-refractivity contribution in [2.24, 2.45) is 0 Å². The molecule has 2 nitrogen and oxygen atoms in total. The average molecular weight is 419 g/mol. The Kier molecular flexibility index (Phi) is 7.27. The smallest absolute Gasteiger partial charge is 0.254 e. The van der Waals surface area contributed by atoms with Gasteiger partial charge < -0.3 is 0 Å². The molecule has 4 atom stereocenters. The maximum Gasteiger partial charge on any atom is 0.456 e. The molecule has 0 heterocycles. The molecule has 0 saturated heterocycles. The lowest BCUT2D eigenvalue weighted by molar-refractivity contribution is -0.0338. The van der Waals surface area contributed by atoms with E-state index in [4.69, 9.17) is 0 Å². The van der Waals surface area contributed by atoms with Gasteiger partial charge in [-0.1, -0.05) is 27.8 Å². The molecule has 1 aliphatic rings. The van der Waals surface area contributed by atoms with E-state index in [1.807, 2.05) is 0 Å². The van der Waals surface area contributed by atoms with Gasteiger partial charge in [-0.25, -0.2) is 0 Å². The van der Waals surface area contributed by atoms with Gasteiger partial charge in [0.05, 0.1) is 10.8 Å². The van der Waals surface area contributed by atoms with Crippen LogP contribution in [0.1, 0.15) is 37.7 Å². The summed E-state index contributed by atoms with van der Waals surface area (Å²) in [6, 6.07) is 5.10. The van der Waals surface area contributed by atoms with Crippen molar-refractivity contribution in [3.05, 3.63) is 29.8 Å². The first kappa shape index (κ1) is 21.1. The lowest BCUT2D eigenvalue weighted by Crippen LogP contribution is -2.26. The molecule has 1 saturated carbocycles. The summed E-state index contributed by atoms with van der Waals surface area (Å²) in [5, 5.41) is -0.176. The van der Waals surface area contributed by atoms with Crippen molar-refractivity contribution in [1.29, 1.82) is 0 Å². The van der Waals surface area contributed by atoms with Crippen molar-refractivity contribution in [3.63, 3.8) is 0 Å². The van der Waals surface area contributed by atoms with Gasteiger partial charge in [-0.3, -0.25) is 8.93 Å². The number of rotatable bonds is 5. The Hall–Kier alpha value is -0.240. The monoisotopic (exact) mass is 419 g/mol. The number of hydrogen-bond donors (Lipinski definition) is 1. The van der Waals surface area contributed by atoms with Gasteiger partial charge in [0.25, 0.3) is 5.66 Å². The molecule has 142 valence electrons. The summed E-state index contributed by atoms with van der Waals surface area (Å²) in [7, 11) is 0.0949. The zero-order valence-corrected chi connectivity index (χ0v) is 16.0. The Morgan fingerprint density at radius 2 is 1.68 bits per heavy atom. The van der Waals surface area contributed by atoms with E-state index >= 15 is 0 Å². The van der Waals surface area contributed by atoms with E-state index in [0.29, 0.717) is 37.0 Å². The fourth-order valence-electron chi connectivity index (χ4n) is 2.75. The second-order valence-corrected chi connectivity index (χ2v) is 9.30. The van der Waals surface area contributed by atoms with Crippen molar-refractivity contribution < 1.29 is 26.2 Å². The minimum atomic E-state index is -4.32. The van der Waals surface area contributed by atoms with E-state index in [-0.39, 0.29) is 28.8 Å². The van der Waals surface area contributed by atoms with Crippen LogP contribution in [0.5, 0.6) is 0 Å². The highest BCUT2D eigenvalue weighted by Gasteiger charge is 2.31. The molecular weight excluding hydrogens is 400 g/mol. The third-order valence-corrected chi connectivity index (χ3v) is 6.86. The van der Waals surface area contributed by atoms with Crippen LogP contribution in [0.4, 0.5) is 22.0 Å². The van der Waals surface area contributed by atoms with Crippen LogP contribution in [0.3, 0.4) is 0 Å². The van der Waals surface area contributed by atoms with Crippen LogP contribution >= 0.6 is 21.2 Å². The Morgan fingerprint density at radius 3 is 2.24 bits per heavy atom. The SMILES string of the molecule is O=S(c1ccc(C(F)(F)P)cc1)C1CCCC(NSC(F)(F)F)CC1. The number of nitrogens with one attached hydrogen (secondary N) is 1. The molecule has 1 aliphatic carbocycles. The molecule has 0 amide bonds. The number of benzene rings is 1. The molecule has 0 radical (unpaired) electrons. The van der Waals surface area contributed by atoms with Gasteiger partial charge in [0.1, 0.15) is 0 Å². The van der Waals surface area contributed by atoms with E-state index in [0.717, 1.165) is 0 Å². The van der Waals surface area contributed by atoms with E-state index in [1.54, 1.807) is 0 Å². The lowest BCUT2D eigenvalue weighted by Gasteiger charge is -2.17. The second kappa shape index (κ2) is 8.63. The summed E-state index contributed by atoms with van der Waals surface area (Å²) in [6.45, 7) is 0. The van der Waals surface area contributed by atoms with Crippen LogP contribution < -0.4 is 4.72 Å². The molecule has 25 heavy (non-hydrogen) atoms. The number of hydrogen-bond acceptors (Lipinski definition) is 3. The Bertz CT molecular complexity index is 591. The number of alkyl halides is 5. The topological polar surface area (TPSA) is 29.1 Å². The standard InChI is InChI=1S/C15H19F5NOPS2/c16-14(17,23)10-4-7-13(8-5-10)25(22)12-3-1-2-11(6-9-12)21-24-15(18,19)20/h4-5,7-8,11-12,21H,1-3,6,9,23H2. The van der Waals surface area contributed by atoms with Crippen LogP contribution in [0, 0.1) is 0 Å². The fraction of sp³-hybridized carbons (Fsp3) is 0.600. The van der Waals surface area contributed by atoms with Crippen molar-refractivity contribution in [2.75, 3.05) is 0 Å². The fourth-order valence-corrected chi connectivity index (χ4v) is 5.00. The van der Waals surface area contributed by atoms with Gasteiger partial charge in [-0.15, -0.1) is 0 Å². The van der Waals surface area contributed by atoms with Crippen molar-refractivity contribution in [2.45, 2.75) is 59.5 Å². The first-order chi connectivity index (χ1) is 11.6. The molecular formula is C15H19F5NOPS2. The van der Waals surface area contributed by atoms with Gasteiger partial charge in [0.2, 0.25) is 0 Å². The first-order valence-electron chi connectivity index (χ1n) is 7.74. The molecule has 4 unspecified atom stereocenters. The minimum Gasteiger partial charge on any atom is -0.254 e. The molecule has 1 aromatic carbocycles. The summed E-state index contributed by atoms with van der Waals surface area (Å²) < 4.78 is 78.2. The van der Waals surface area contributed by atoms with Crippen molar-refractivity contribution in [3.8, 4) is 0 Å². The maximum absolute atomic E-state index is 13.2. The van der Waals surface area contributed by atoms with Crippen LogP contribution in [0.25, 0.3) is 0 Å². The Labute approximate surface area is 152 Å². The van der Waals surface area contributed by atoms with Crippen LogP contribution in [-0.2, 0) is 16.5 Å². The highest BCUT2D eigenvalue weighted by molar-refractivity contribution is 7.98. The highest BCUT2D eigenvalue weighted by Crippen LogP contribution is 2.35. The van der Waals surface area contributed by atoms with E-state index in [1.165, 1.54) is 33.5 Å². The van der Waals surface area contributed by atoms with Crippen LogP contribution in [0.15, 0.2) is 29.2 Å². The summed E-state index contributed by atoms with van der Waals surface area (Å²) in [5.74, 6) is 0. The largest absolute Gasteiger partial charge is 0.456 e. The highest BCUT2D eigenvalue weighted by atomic mass is 32.2. The zero-order valence-electron chi connectivity index (χ0n) is 13.2. The minimum absolute atomic E-state index is 0.174. The predicted molar refractivity (Wildman–Crippen MR) is 93.9 cm³/mol.